The topological polar surface area (TPSA) is 323 Å². The Kier molecular flexibility index (Phi) is 44.5. The predicted molar refractivity (Wildman–Crippen MR) is 548 cm³/mol. The van der Waals surface area contributed by atoms with Crippen LogP contribution in [-0.4, -0.2) is 419 Å². The average Bonchev–Trinajstić information content (AvgIpc) is 0.774. The van der Waals surface area contributed by atoms with Crippen molar-refractivity contribution in [3.05, 3.63) is 0 Å². The van der Waals surface area contributed by atoms with Gasteiger partial charge in [-0.3, -0.25) is 0 Å². The summed E-state index contributed by atoms with van der Waals surface area (Å²) >= 11 is 0. The molecule has 0 saturated carbocycles. The Bertz CT molecular complexity index is 3040. The van der Waals surface area contributed by atoms with Crippen LogP contribution in [-0.2, 0) is 164 Å². The highest BCUT2D eigenvalue weighted by Gasteiger charge is 2.65. The second-order valence-electron chi connectivity index (χ2n) is 49.8. The molecule has 0 aliphatic carbocycles. The molecule has 42 heteroatoms. The highest BCUT2D eigenvalue weighted by Crippen LogP contribution is 2.50. The lowest BCUT2D eigenvalue weighted by atomic mass is 9.94. The maximum Gasteiger partial charge on any atom is 0.192 e. The van der Waals surface area contributed by atoms with Crippen LogP contribution in [0.15, 0.2) is 0 Å². The number of hydrogen-bond donors (Lipinski definition) is 0. The number of ether oxygens (including phenoxy) is 28. The highest BCUT2D eigenvalue weighted by atomic mass is 28.4. The lowest BCUT2D eigenvalue weighted by Gasteiger charge is -2.53. The van der Waals surface area contributed by atoms with E-state index in [1.54, 1.807) is 99.5 Å². The fourth-order valence-electron chi connectivity index (χ4n) is 17.3. The Morgan fingerprint density at radius 2 is 0.229 bits per heavy atom. The van der Waals surface area contributed by atoms with Crippen molar-refractivity contribution in [3.63, 3.8) is 0 Å². The van der Waals surface area contributed by atoms with Crippen molar-refractivity contribution in [2.75, 3.05) is 146 Å². The summed E-state index contributed by atoms with van der Waals surface area (Å²) in [6.07, 6.45) is -38.3. The summed E-state index contributed by atoms with van der Waals surface area (Å²) in [6.45, 7) is 76.3. The van der Waals surface area contributed by atoms with Crippen molar-refractivity contribution in [1.82, 2.24) is 0 Å². The molecule has 21 rings (SSSR count). The van der Waals surface area contributed by atoms with Crippen LogP contribution in [0.2, 0.25) is 127 Å². The minimum absolute atomic E-state index is 0.0147. The molecule has 0 aromatic heterocycles. The fraction of sp³-hybridized carbons (Fsp3) is 1.00. The van der Waals surface area contributed by atoms with Crippen LogP contribution >= 0.6 is 0 Å². The van der Waals surface area contributed by atoms with Gasteiger partial charge in [0.2, 0.25) is 0 Å². The predicted octanol–water partition coefficient (Wildman–Crippen LogP) is 15.1. The molecule has 21 aliphatic heterocycles. The van der Waals surface area contributed by atoms with Crippen LogP contribution in [0.3, 0.4) is 0 Å². The summed E-state index contributed by atoms with van der Waals surface area (Å²) in [4.78, 5) is 0. The first-order valence-electron chi connectivity index (χ1n) is 50.5. The molecule has 21 aliphatic rings. The standard InChI is InChI=1S/C98H196O35Si7/c1-92(2,3)134(36,37)113-50-57-64-71(99-22)78(106-29)85(120-57)128-65-58(51-114-135(38,39)93(4,5)6)122-87(80(108-31)72(65)100-23)130-67-60(53-116-137(42,43)95(10,11)12)124-89(82(110-33)74(67)102-25)132-69-62(55-118-139(46,47)97(16,17)18)126-91(84(112-35)76(69)104-27)133-70-63(56-119-140(48,49)98(19,20)21)125-90(83(111-34)77(70)105-28)131-68-61(54-117-138(44,45)96(13,14)15)123-88(81(109-32)75(68)103-26)129-66-59(52-115-136(40,41)94(7,8)9)121-86(127-64)79(107-30)73(66)101-24/h57-91H,50-56H2,1-49H3/t57-,58-,59-,60-,61-,62-,63-,64-,65-,66-,67-,68-,69-,70-,71-,72-,73?,74+,75?,76-,77?,78-,79-,80-,81-,82-,83-,84-,85-,86-,87-,88-,89-,90-,91-/m1/s1. The molecule has 3 unspecified atom stereocenters. The Labute approximate surface area is 850 Å². The first-order chi connectivity index (χ1) is 64.5. The third-order valence-corrected chi connectivity index (χ3v) is 65.4. The van der Waals surface area contributed by atoms with Crippen molar-refractivity contribution < 1.29 is 164 Å². The molecular weight excluding hydrogens is 1930 g/mol. The summed E-state index contributed by atoms with van der Waals surface area (Å²) in [5.41, 5.74) is 0. The third kappa shape index (κ3) is 28.6. The molecule has 35 nitrogen and oxygen atoms in total. The lowest BCUT2D eigenvalue weighted by Crippen LogP contribution is -2.70. The summed E-state index contributed by atoms with van der Waals surface area (Å²) in [6, 6.07) is 0. The van der Waals surface area contributed by atoms with E-state index in [2.05, 4.69) is 237 Å². The second kappa shape index (κ2) is 49.7. The molecular formula is C98H196O35Si7. The van der Waals surface area contributed by atoms with E-state index in [0.29, 0.717) is 0 Å². The van der Waals surface area contributed by atoms with Crippen molar-refractivity contribution in [2.24, 2.45) is 0 Å². The zero-order valence-corrected chi connectivity index (χ0v) is 102. The molecule has 21 heterocycles. The Morgan fingerprint density at radius 3 is 0.300 bits per heavy atom. The van der Waals surface area contributed by atoms with Crippen LogP contribution in [0.1, 0.15) is 145 Å². The normalized spacial score (nSPS) is 37.6. The largest absolute Gasteiger partial charge is 0.414 e. The second-order valence-corrected chi connectivity index (χ2v) is 83.5. The van der Waals surface area contributed by atoms with E-state index in [0.717, 1.165) is 0 Å². The van der Waals surface area contributed by atoms with E-state index >= 15 is 0 Å². The van der Waals surface area contributed by atoms with Crippen LogP contribution in [0.25, 0.3) is 0 Å². The van der Waals surface area contributed by atoms with Crippen LogP contribution in [0.4, 0.5) is 0 Å². The Morgan fingerprint density at radius 1 is 0.143 bits per heavy atom. The minimum atomic E-state index is -2.66. The van der Waals surface area contributed by atoms with Gasteiger partial charge in [-0.1, -0.05) is 145 Å². The smallest absolute Gasteiger partial charge is 0.192 e. The van der Waals surface area contributed by atoms with E-state index in [4.69, 9.17) is 164 Å². The maximum absolute atomic E-state index is 7.64. The molecule has 826 valence electrons. The summed E-state index contributed by atoms with van der Waals surface area (Å²) < 4.78 is 252. The molecule has 35 atom stereocenters. The molecule has 21 saturated heterocycles. The van der Waals surface area contributed by atoms with E-state index < -0.39 is 273 Å². The van der Waals surface area contributed by atoms with Crippen LogP contribution in [0.5, 0.6) is 0 Å². The van der Waals surface area contributed by atoms with Gasteiger partial charge in [0.05, 0.1) is 46.2 Å². The highest BCUT2D eigenvalue weighted by molar-refractivity contribution is 6.76. The summed E-state index contributed by atoms with van der Waals surface area (Å²) in [5, 5.41) is -1.87. The van der Waals surface area contributed by atoms with Crippen LogP contribution in [0, 0.1) is 0 Å². The van der Waals surface area contributed by atoms with Gasteiger partial charge in [-0.05, 0) is 127 Å². The molecule has 0 amide bonds. The number of rotatable bonds is 35. The zero-order chi connectivity index (χ0) is 106. The van der Waals surface area contributed by atoms with E-state index in [1.807, 2.05) is 0 Å². The monoisotopic (exact) mass is 2130 g/mol. The fourth-order valence-corrected chi connectivity index (χ4v) is 24.3. The maximum atomic E-state index is 7.64. The van der Waals surface area contributed by atoms with Gasteiger partial charge in [0.25, 0.3) is 0 Å². The van der Waals surface area contributed by atoms with Gasteiger partial charge in [-0.15, -0.1) is 0 Å². The molecule has 21 fully saturated rings. The Hall–Kier alpha value is 0.118. The minimum Gasteiger partial charge on any atom is -0.414 e. The van der Waals surface area contributed by atoms with E-state index in [9.17, 15) is 0 Å². The van der Waals surface area contributed by atoms with E-state index in [1.165, 1.54) is 0 Å². The third-order valence-electron chi connectivity index (χ3n) is 33.9. The number of methoxy groups -OCH3 is 14. The molecule has 0 N–H and O–H groups in total. The average molecular weight is 2130 g/mol. The molecule has 14 bridgehead atoms. The Balaban J connectivity index is 1.44. The van der Waals surface area contributed by atoms with Crippen molar-refractivity contribution in [3.8, 4) is 0 Å². The number of hydrogen-bond acceptors (Lipinski definition) is 35. The van der Waals surface area contributed by atoms with Gasteiger partial charge in [0, 0.05) is 99.5 Å². The van der Waals surface area contributed by atoms with Gasteiger partial charge < -0.3 is 164 Å². The molecule has 0 spiro atoms. The van der Waals surface area contributed by atoms with Crippen molar-refractivity contribution in [2.45, 2.75) is 487 Å². The van der Waals surface area contributed by atoms with Gasteiger partial charge in [-0.25, -0.2) is 0 Å². The zero-order valence-electron chi connectivity index (χ0n) is 95.4. The SMILES string of the molecule is COC1[C@@H](OC)[C@@H]2O[C@H](CO[Si](C)(C)C(C)(C)C)[C@H]1O[C@H]1O[C@H](CO[Si](C)(C)C(C)(C)C)[C@@H](O[C@H]3O[C@H](CO[Si](C)(C)C(C)(C)C)[C@@H](O[C@H]4O[C@H](CO[Si](C)(C)C(C)(C)C)[C@@H](O[C@H]5O[C@H](CO[Si](C)(C)C(C)(C)C)[C@@H](O[C@H]6O[C@H](CO[Si](C)(C)C(C)(C)C)[C@@H](O[C@H]7O[C@H](CO[Si](C)(C)C(C)(C)C)[C@@H](O2)C(OC)[C@H]7OC)C(OC)[C@H]6OC)[C@@H](OC)[C@H]5OC)[C@@H](OC)[C@H]4OC)[C@H](OC)[C@H]3OC)[C@@H](OC)[C@H]1OC. The lowest BCUT2D eigenvalue weighted by molar-refractivity contribution is -0.401. The molecule has 0 aromatic rings. The van der Waals surface area contributed by atoms with Crippen molar-refractivity contribution >= 4 is 58.2 Å². The van der Waals surface area contributed by atoms with Crippen LogP contribution < -0.4 is 0 Å². The van der Waals surface area contributed by atoms with Gasteiger partial charge in [0.15, 0.2) is 102 Å². The van der Waals surface area contributed by atoms with E-state index in [-0.39, 0.29) is 81.5 Å². The summed E-state index contributed by atoms with van der Waals surface area (Å²) in [5.74, 6) is 0. The van der Waals surface area contributed by atoms with Gasteiger partial charge in [-0.2, -0.15) is 0 Å². The summed E-state index contributed by atoms with van der Waals surface area (Å²) in [7, 11) is 3.58. The quantitative estimate of drug-likeness (QED) is 0.0532. The first kappa shape index (κ1) is 125. The molecule has 0 radical (unpaired) electrons. The van der Waals surface area contributed by atoms with Crippen molar-refractivity contribution in [1.29, 1.82) is 0 Å². The molecule has 140 heavy (non-hydrogen) atoms. The first-order valence-corrected chi connectivity index (χ1v) is 70.9. The van der Waals surface area contributed by atoms with Gasteiger partial charge >= 0.3 is 0 Å². The van der Waals surface area contributed by atoms with Gasteiger partial charge in [0.1, 0.15) is 171 Å². The molecule has 0 aromatic carbocycles.